The van der Waals surface area contributed by atoms with Crippen LogP contribution in [-0.4, -0.2) is 88.2 Å². The second-order valence-corrected chi connectivity index (χ2v) is 11.2. The lowest BCUT2D eigenvalue weighted by Gasteiger charge is -2.50. The molecule has 2 saturated heterocycles. The Hall–Kier alpha value is -1.30. The molecule has 10 heteroatoms. The van der Waals surface area contributed by atoms with E-state index in [9.17, 15) is 24.9 Å². The number of hydrogen-bond donors (Lipinski definition) is 5. The molecule has 2 amide bonds. The summed E-state index contributed by atoms with van der Waals surface area (Å²) in [4.78, 5) is 25.5. The Labute approximate surface area is 220 Å². The van der Waals surface area contributed by atoms with E-state index in [4.69, 9.17) is 14.2 Å². The van der Waals surface area contributed by atoms with Gasteiger partial charge in [-0.1, -0.05) is 39.5 Å². The van der Waals surface area contributed by atoms with Crippen molar-refractivity contribution in [2.75, 3.05) is 6.61 Å². The molecular weight excluding hydrogens is 480 g/mol. The van der Waals surface area contributed by atoms with Crippen LogP contribution in [0.25, 0.3) is 0 Å². The van der Waals surface area contributed by atoms with Crippen molar-refractivity contribution in [3.63, 3.8) is 0 Å². The van der Waals surface area contributed by atoms with Gasteiger partial charge in [-0.3, -0.25) is 9.59 Å². The zero-order chi connectivity index (χ0) is 27.2. The van der Waals surface area contributed by atoms with Gasteiger partial charge in [-0.2, -0.15) is 0 Å². The summed E-state index contributed by atoms with van der Waals surface area (Å²) in [6.07, 6.45) is 2.31. The van der Waals surface area contributed by atoms with Crippen LogP contribution in [0.4, 0.5) is 0 Å². The van der Waals surface area contributed by atoms with Crippen molar-refractivity contribution in [1.82, 2.24) is 10.6 Å². The molecule has 1 saturated carbocycles. The van der Waals surface area contributed by atoms with Crippen molar-refractivity contribution in [3.8, 4) is 0 Å². The van der Waals surface area contributed by atoms with Crippen molar-refractivity contribution in [1.29, 1.82) is 0 Å². The van der Waals surface area contributed by atoms with E-state index in [0.717, 1.165) is 38.5 Å². The highest BCUT2D eigenvalue weighted by atomic mass is 16.7. The van der Waals surface area contributed by atoms with Crippen molar-refractivity contribution < 1.29 is 39.1 Å². The number of carbonyl (C=O) groups is 2. The summed E-state index contributed by atoms with van der Waals surface area (Å²) in [7, 11) is 0. The van der Waals surface area contributed by atoms with Crippen LogP contribution in [0.5, 0.6) is 0 Å². The maximum atomic E-state index is 13.4. The van der Waals surface area contributed by atoms with Gasteiger partial charge in [0.2, 0.25) is 11.8 Å². The highest BCUT2D eigenvalue weighted by Crippen LogP contribution is 2.34. The lowest BCUT2D eigenvalue weighted by molar-refractivity contribution is -0.274. The summed E-state index contributed by atoms with van der Waals surface area (Å²) in [5.74, 6) is -0.321. The Balaban J connectivity index is 1.77. The molecule has 37 heavy (non-hydrogen) atoms. The third-order valence-corrected chi connectivity index (χ3v) is 8.49. The van der Waals surface area contributed by atoms with E-state index in [0.29, 0.717) is 12.8 Å². The molecule has 0 spiro atoms. The van der Waals surface area contributed by atoms with Gasteiger partial charge < -0.3 is 40.2 Å². The van der Waals surface area contributed by atoms with Crippen LogP contribution in [0, 0.1) is 5.92 Å². The van der Waals surface area contributed by atoms with E-state index in [1.54, 1.807) is 6.92 Å². The summed E-state index contributed by atoms with van der Waals surface area (Å²) in [5.41, 5.74) is -0.796. The molecule has 3 rings (SSSR count). The number of ether oxygens (including phenoxy) is 3. The average molecular weight is 529 g/mol. The lowest BCUT2D eigenvalue weighted by atomic mass is 9.77. The SMILES string of the molecule is CCC(CC)(NC(=O)C1CCCCCC1)[C@@H]1O[C@H](CO[C@@H]2O[C@@H](C)[C@@H](O)CC2O)CC(O)[C@H]1NC(C)=O. The minimum atomic E-state index is -0.980. The topological polar surface area (TPSA) is 147 Å². The first-order chi connectivity index (χ1) is 17.6. The van der Waals surface area contributed by atoms with Gasteiger partial charge in [0, 0.05) is 25.7 Å². The fourth-order valence-corrected chi connectivity index (χ4v) is 6.04. The molecular formula is C27H48N2O8. The van der Waals surface area contributed by atoms with E-state index in [1.165, 1.54) is 6.92 Å². The van der Waals surface area contributed by atoms with Crippen LogP contribution in [0.2, 0.25) is 0 Å². The van der Waals surface area contributed by atoms with Gasteiger partial charge >= 0.3 is 0 Å². The summed E-state index contributed by atoms with van der Waals surface area (Å²) in [6.45, 7) is 7.13. The minimum absolute atomic E-state index is 0.00918. The maximum Gasteiger partial charge on any atom is 0.223 e. The molecule has 10 nitrogen and oxygen atoms in total. The van der Waals surface area contributed by atoms with Crippen molar-refractivity contribution in [3.05, 3.63) is 0 Å². The van der Waals surface area contributed by atoms with Crippen LogP contribution in [0.1, 0.15) is 91.9 Å². The molecule has 3 fully saturated rings. The van der Waals surface area contributed by atoms with Crippen LogP contribution in [0.3, 0.4) is 0 Å². The Bertz CT molecular complexity index is 740. The molecule has 2 unspecified atom stereocenters. The first-order valence-corrected chi connectivity index (χ1v) is 14.2. The van der Waals surface area contributed by atoms with Crippen LogP contribution in [-0.2, 0) is 23.8 Å². The zero-order valence-electron chi connectivity index (χ0n) is 22.9. The molecule has 0 bridgehead atoms. The predicted octanol–water partition coefficient (Wildman–Crippen LogP) is 1.53. The average Bonchev–Trinajstić information content (AvgIpc) is 3.15. The summed E-state index contributed by atoms with van der Waals surface area (Å²) < 4.78 is 18.0. The summed E-state index contributed by atoms with van der Waals surface area (Å²) in [6, 6.07) is -0.699. The number of aliphatic hydroxyl groups excluding tert-OH is 3. The van der Waals surface area contributed by atoms with Crippen molar-refractivity contribution in [2.45, 2.75) is 146 Å². The molecule has 2 heterocycles. The van der Waals surface area contributed by atoms with E-state index in [1.807, 2.05) is 13.8 Å². The van der Waals surface area contributed by atoms with E-state index >= 15 is 0 Å². The molecule has 0 aromatic heterocycles. The largest absolute Gasteiger partial charge is 0.391 e. The van der Waals surface area contributed by atoms with Crippen molar-refractivity contribution >= 4 is 11.8 Å². The highest BCUT2D eigenvalue weighted by Gasteiger charge is 2.50. The monoisotopic (exact) mass is 528 g/mol. The quantitative estimate of drug-likeness (QED) is 0.283. The number of rotatable bonds is 9. The van der Waals surface area contributed by atoms with E-state index < -0.39 is 54.5 Å². The number of aliphatic hydroxyl groups is 3. The first-order valence-electron chi connectivity index (χ1n) is 14.2. The minimum Gasteiger partial charge on any atom is -0.391 e. The van der Waals surface area contributed by atoms with Gasteiger partial charge in [-0.15, -0.1) is 0 Å². The Morgan fingerprint density at radius 2 is 1.59 bits per heavy atom. The fourth-order valence-electron chi connectivity index (χ4n) is 6.04. The molecule has 8 atom stereocenters. The molecule has 5 N–H and O–H groups in total. The predicted molar refractivity (Wildman–Crippen MR) is 136 cm³/mol. The lowest BCUT2D eigenvalue weighted by Crippen LogP contribution is -2.69. The van der Waals surface area contributed by atoms with Crippen molar-refractivity contribution in [2.24, 2.45) is 5.92 Å². The van der Waals surface area contributed by atoms with E-state index in [2.05, 4.69) is 10.6 Å². The van der Waals surface area contributed by atoms with Gasteiger partial charge in [0.25, 0.3) is 0 Å². The molecule has 214 valence electrons. The normalized spacial score (nSPS) is 36.0. The van der Waals surface area contributed by atoms with Crippen LogP contribution < -0.4 is 10.6 Å². The summed E-state index contributed by atoms with van der Waals surface area (Å²) >= 11 is 0. The smallest absolute Gasteiger partial charge is 0.223 e. The number of hydrogen-bond acceptors (Lipinski definition) is 8. The molecule has 0 aromatic rings. The van der Waals surface area contributed by atoms with Gasteiger partial charge in [0.15, 0.2) is 6.29 Å². The number of carbonyl (C=O) groups excluding carboxylic acids is 2. The van der Waals surface area contributed by atoms with Gasteiger partial charge in [-0.05, 0) is 32.6 Å². The van der Waals surface area contributed by atoms with Gasteiger partial charge in [0.05, 0.1) is 42.6 Å². The third kappa shape index (κ3) is 7.64. The molecule has 1 aliphatic carbocycles. The molecule has 2 aliphatic heterocycles. The Morgan fingerprint density at radius 1 is 0.946 bits per heavy atom. The molecule has 0 radical (unpaired) electrons. The van der Waals surface area contributed by atoms with Crippen LogP contribution in [0.15, 0.2) is 0 Å². The van der Waals surface area contributed by atoms with Gasteiger partial charge in [-0.25, -0.2) is 0 Å². The van der Waals surface area contributed by atoms with Gasteiger partial charge in [0.1, 0.15) is 12.2 Å². The molecule has 3 aliphatic rings. The summed E-state index contributed by atoms with van der Waals surface area (Å²) in [5, 5.41) is 37.5. The highest BCUT2D eigenvalue weighted by molar-refractivity contribution is 5.79. The first kappa shape index (κ1) is 30.2. The Morgan fingerprint density at radius 3 is 2.19 bits per heavy atom. The van der Waals surface area contributed by atoms with E-state index in [-0.39, 0.29) is 37.2 Å². The standard InChI is InChI=1S/C27H48N2O8/c1-5-27(6-2,29-25(34)18-11-9-7-8-10-12-18)24-23(28-17(4)30)21(32)13-19(37-24)15-35-26-22(33)14-20(31)16(3)36-26/h16,18-24,26,31-33H,5-15H2,1-4H3,(H,28,30)(H,29,34)/t16-,19-,20-,21?,22?,23+,24+,26+/m0/s1. The zero-order valence-corrected chi connectivity index (χ0v) is 22.9. The Kier molecular flexibility index (Phi) is 11.2. The van der Waals surface area contributed by atoms with Crippen LogP contribution >= 0.6 is 0 Å². The number of nitrogens with one attached hydrogen (secondary N) is 2. The fraction of sp³-hybridized carbons (Fsp3) is 0.926. The number of amides is 2. The second kappa shape index (κ2) is 13.7. The third-order valence-electron chi connectivity index (χ3n) is 8.49. The second-order valence-electron chi connectivity index (χ2n) is 11.2. The maximum absolute atomic E-state index is 13.4. The molecule has 0 aromatic carbocycles.